The van der Waals surface area contributed by atoms with Gasteiger partial charge in [0, 0.05) is 37.4 Å². The molecule has 19 heavy (non-hydrogen) atoms. The third kappa shape index (κ3) is 3.15. The molecule has 2 rings (SSSR count). The Labute approximate surface area is 115 Å². The third-order valence-electron chi connectivity index (χ3n) is 3.76. The second-order valence-electron chi connectivity index (χ2n) is 5.65. The summed E-state index contributed by atoms with van der Waals surface area (Å²) in [6, 6.07) is 0.319. The topological polar surface area (TPSA) is 50.2 Å². The maximum absolute atomic E-state index is 12.4. The molecule has 0 radical (unpaired) electrons. The van der Waals surface area contributed by atoms with E-state index in [1.165, 1.54) is 0 Å². The van der Waals surface area contributed by atoms with Crippen LogP contribution in [0.15, 0.2) is 6.20 Å². The first-order valence-electron chi connectivity index (χ1n) is 7.01. The van der Waals surface area contributed by atoms with Crippen molar-refractivity contribution in [3.63, 3.8) is 0 Å². The first-order valence-corrected chi connectivity index (χ1v) is 7.01. The largest absolute Gasteiger partial charge is 0.337 e. The molecule has 0 spiro atoms. The maximum atomic E-state index is 12.4. The van der Waals surface area contributed by atoms with Gasteiger partial charge < -0.3 is 10.2 Å². The highest BCUT2D eigenvalue weighted by molar-refractivity contribution is 5.82. The van der Waals surface area contributed by atoms with Gasteiger partial charge in [-0.15, -0.1) is 0 Å². The van der Waals surface area contributed by atoms with Gasteiger partial charge in [-0.1, -0.05) is 13.8 Å². The number of nitrogens with zero attached hydrogens (tertiary/aromatic N) is 3. The molecule has 1 aliphatic rings. The molecule has 5 heteroatoms. The fraction of sp³-hybridized carbons (Fsp3) is 0.714. The smallest absolute Gasteiger partial charge is 0.240 e. The lowest BCUT2D eigenvalue weighted by molar-refractivity contribution is -0.136. The number of aryl methyl sites for hydroxylation is 1. The Morgan fingerprint density at radius 3 is 2.84 bits per heavy atom. The molecule has 106 valence electrons. The van der Waals surface area contributed by atoms with Crippen molar-refractivity contribution in [1.29, 1.82) is 0 Å². The van der Waals surface area contributed by atoms with Gasteiger partial charge in [0.1, 0.15) is 0 Å². The predicted octanol–water partition coefficient (Wildman–Crippen LogP) is 1.22. The molecule has 1 atom stereocenters. The molecule has 1 amide bonds. The van der Waals surface area contributed by atoms with Crippen molar-refractivity contribution < 1.29 is 4.79 Å². The van der Waals surface area contributed by atoms with E-state index < -0.39 is 0 Å². The highest BCUT2D eigenvalue weighted by atomic mass is 16.2. The number of carbonyl (C=O) groups is 1. The van der Waals surface area contributed by atoms with Crippen LogP contribution < -0.4 is 5.32 Å². The number of amides is 1. The molecule has 1 saturated heterocycles. The number of carbonyl (C=O) groups excluding carboxylic acids is 1. The van der Waals surface area contributed by atoms with E-state index in [1.807, 2.05) is 29.7 Å². The van der Waals surface area contributed by atoms with Crippen molar-refractivity contribution in [2.24, 2.45) is 7.05 Å². The van der Waals surface area contributed by atoms with Crippen LogP contribution in [0.1, 0.15) is 37.9 Å². The van der Waals surface area contributed by atoms with Crippen LogP contribution >= 0.6 is 0 Å². The zero-order valence-corrected chi connectivity index (χ0v) is 12.3. The van der Waals surface area contributed by atoms with Crippen molar-refractivity contribution in [2.75, 3.05) is 6.54 Å². The highest BCUT2D eigenvalue weighted by Crippen LogP contribution is 2.17. The Balaban J connectivity index is 2.04. The molecule has 1 fully saturated rings. The van der Waals surface area contributed by atoms with Crippen LogP contribution in [0.3, 0.4) is 0 Å². The first-order chi connectivity index (χ1) is 8.99. The third-order valence-corrected chi connectivity index (χ3v) is 3.76. The van der Waals surface area contributed by atoms with E-state index >= 15 is 0 Å². The Morgan fingerprint density at radius 2 is 2.26 bits per heavy atom. The van der Waals surface area contributed by atoms with Crippen molar-refractivity contribution >= 4 is 5.91 Å². The number of likely N-dealkylation sites (tertiary alicyclic amines) is 1. The van der Waals surface area contributed by atoms with Gasteiger partial charge in [0.15, 0.2) is 0 Å². The van der Waals surface area contributed by atoms with Crippen LogP contribution in [0.25, 0.3) is 0 Å². The summed E-state index contributed by atoms with van der Waals surface area (Å²) in [4.78, 5) is 14.4. The van der Waals surface area contributed by atoms with E-state index in [2.05, 4.69) is 24.3 Å². The van der Waals surface area contributed by atoms with Crippen LogP contribution in [-0.4, -0.2) is 39.2 Å². The average molecular weight is 264 g/mol. The SMILES string of the molecule is Cc1c(CN2CCCC(NC(C)C)C2=O)cnn1C. The van der Waals surface area contributed by atoms with Crippen LogP contribution in [0.2, 0.25) is 0 Å². The lowest BCUT2D eigenvalue weighted by Crippen LogP contribution is -2.52. The van der Waals surface area contributed by atoms with Crippen LogP contribution in [0.4, 0.5) is 0 Å². The minimum atomic E-state index is -0.0225. The van der Waals surface area contributed by atoms with Crippen LogP contribution in [-0.2, 0) is 18.4 Å². The monoisotopic (exact) mass is 264 g/mol. The summed E-state index contributed by atoms with van der Waals surface area (Å²) in [6.07, 6.45) is 3.87. The summed E-state index contributed by atoms with van der Waals surface area (Å²) >= 11 is 0. The molecular weight excluding hydrogens is 240 g/mol. The number of hydrogen-bond donors (Lipinski definition) is 1. The molecule has 1 unspecified atom stereocenters. The molecule has 2 heterocycles. The van der Waals surface area contributed by atoms with Crippen LogP contribution in [0.5, 0.6) is 0 Å². The maximum Gasteiger partial charge on any atom is 0.240 e. The second kappa shape index (κ2) is 5.74. The highest BCUT2D eigenvalue weighted by Gasteiger charge is 2.29. The summed E-state index contributed by atoms with van der Waals surface area (Å²) in [5, 5.41) is 7.59. The Hall–Kier alpha value is -1.36. The molecule has 1 aliphatic heterocycles. The molecular formula is C14H24N4O. The molecule has 0 bridgehead atoms. The van der Waals surface area contributed by atoms with E-state index in [-0.39, 0.29) is 11.9 Å². The van der Waals surface area contributed by atoms with Crippen molar-refractivity contribution in [1.82, 2.24) is 20.0 Å². The molecule has 0 saturated carbocycles. The van der Waals surface area contributed by atoms with Gasteiger partial charge in [-0.25, -0.2) is 0 Å². The van der Waals surface area contributed by atoms with Crippen molar-refractivity contribution in [3.05, 3.63) is 17.5 Å². The average Bonchev–Trinajstić information content (AvgIpc) is 2.65. The fourth-order valence-corrected chi connectivity index (χ4v) is 2.56. The normalized spacial score (nSPS) is 20.4. The Kier molecular flexibility index (Phi) is 4.24. The number of hydrogen-bond acceptors (Lipinski definition) is 3. The van der Waals surface area contributed by atoms with Gasteiger partial charge in [0.2, 0.25) is 5.91 Å². The fourth-order valence-electron chi connectivity index (χ4n) is 2.56. The lowest BCUT2D eigenvalue weighted by Gasteiger charge is -2.33. The van der Waals surface area contributed by atoms with Crippen molar-refractivity contribution in [2.45, 2.75) is 52.2 Å². The zero-order valence-electron chi connectivity index (χ0n) is 12.3. The molecule has 1 aromatic rings. The first kappa shape index (κ1) is 14.1. The quantitative estimate of drug-likeness (QED) is 0.889. The molecule has 0 aromatic carbocycles. The van der Waals surface area contributed by atoms with Gasteiger partial charge in [0.05, 0.1) is 12.2 Å². The number of aromatic nitrogens is 2. The standard InChI is InChI=1S/C14H24N4O/c1-10(2)16-13-6-5-7-18(14(13)19)9-12-8-15-17(4)11(12)3/h8,10,13,16H,5-7,9H2,1-4H3. The predicted molar refractivity (Wildman–Crippen MR) is 74.7 cm³/mol. The number of piperidine rings is 1. The van der Waals surface area contributed by atoms with Gasteiger partial charge in [-0.2, -0.15) is 5.10 Å². The minimum absolute atomic E-state index is 0.0225. The zero-order chi connectivity index (χ0) is 14.0. The summed E-state index contributed by atoms with van der Waals surface area (Å²) in [5.74, 6) is 0.225. The van der Waals surface area contributed by atoms with E-state index in [0.29, 0.717) is 12.6 Å². The molecule has 1 aromatic heterocycles. The van der Waals surface area contributed by atoms with Gasteiger partial charge in [0.25, 0.3) is 0 Å². The van der Waals surface area contributed by atoms with E-state index in [0.717, 1.165) is 30.6 Å². The summed E-state index contributed by atoms with van der Waals surface area (Å²) in [6.45, 7) is 7.73. The van der Waals surface area contributed by atoms with E-state index in [9.17, 15) is 4.79 Å². The lowest BCUT2D eigenvalue weighted by atomic mass is 10.0. The summed E-state index contributed by atoms with van der Waals surface area (Å²) in [5.41, 5.74) is 2.27. The van der Waals surface area contributed by atoms with Crippen LogP contribution in [0, 0.1) is 6.92 Å². The molecule has 0 aliphatic carbocycles. The van der Waals surface area contributed by atoms with E-state index in [4.69, 9.17) is 0 Å². The van der Waals surface area contributed by atoms with Gasteiger partial charge in [-0.3, -0.25) is 9.48 Å². The Bertz CT molecular complexity index is 452. The number of rotatable bonds is 4. The van der Waals surface area contributed by atoms with Crippen molar-refractivity contribution in [3.8, 4) is 0 Å². The summed E-state index contributed by atoms with van der Waals surface area (Å²) < 4.78 is 1.85. The minimum Gasteiger partial charge on any atom is -0.337 e. The number of nitrogens with one attached hydrogen (secondary N) is 1. The van der Waals surface area contributed by atoms with Gasteiger partial charge >= 0.3 is 0 Å². The second-order valence-corrected chi connectivity index (χ2v) is 5.65. The van der Waals surface area contributed by atoms with E-state index in [1.54, 1.807) is 0 Å². The Morgan fingerprint density at radius 1 is 1.53 bits per heavy atom. The molecule has 1 N–H and O–H groups in total. The summed E-state index contributed by atoms with van der Waals surface area (Å²) in [7, 11) is 1.93. The molecule has 5 nitrogen and oxygen atoms in total. The van der Waals surface area contributed by atoms with Gasteiger partial charge in [-0.05, 0) is 19.8 Å².